The molecule has 0 unspecified atom stereocenters. The SMILES string of the molecule is O=C(Nc1cc[n+]([O-])cc1)c1c(Oc2ccc(OC(F)(F)F)cc2)ccc(Br)c1F. The lowest BCUT2D eigenvalue weighted by atomic mass is 10.1. The van der Waals surface area contributed by atoms with Gasteiger partial charge in [-0.15, -0.1) is 13.2 Å². The van der Waals surface area contributed by atoms with Crippen molar-refractivity contribution in [2.75, 3.05) is 5.32 Å². The number of nitrogens with zero attached hydrogens (tertiary/aromatic N) is 1. The average Bonchev–Trinajstić information content (AvgIpc) is 2.67. The summed E-state index contributed by atoms with van der Waals surface area (Å²) in [4.78, 5) is 12.6. The Balaban J connectivity index is 1.85. The van der Waals surface area contributed by atoms with E-state index < -0.39 is 29.4 Å². The monoisotopic (exact) mass is 486 g/mol. The van der Waals surface area contributed by atoms with Crippen LogP contribution in [0.15, 0.2) is 65.4 Å². The molecule has 6 nitrogen and oxygen atoms in total. The van der Waals surface area contributed by atoms with Crippen LogP contribution >= 0.6 is 15.9 Å². The predicted molar refractivity (Wildman–Crippen MR) is 101 cm³/mol. The Labute approximate surface area is 175 Å². The van der Waals surface area contributed by atoms with Crippen molar-refractivity contribution in [1.82, 2.24) is 0 Å². The van der Waals surface area contributed by atoms with Crippen molar-refractivity contribution in [3.63, 3.8) is 0 Å². The Kier molecular flexibility index (Phi) is 6.11. The van der Waals surface area contributed by atoms with Gasteiger partial charge in [-0.3, -0.25) is 4.79 Å². The Morgan fingerprint density at radius 1 is 1.00 bits per heavy atom. The average molecular weight is 487 g/mol. The summed E-state index contributed by atoms with van der Waals surface area (Å²) >= 11 is 2.99. The lowest BCUT2D eigenvalue weighted by molar-refractivity contribution is -0.605. The molecule has 0 bridgehead atoms. The van der Waals surface area contributed by atoms with Gasteiger partial charge in [0.15, 0.2) is 18.2 Å². The maximum Gasteiger partial charge on any atom is 0.573 e. The summed E-state index contributed by atoms with van der Waals surface area (Å²) in [6.45, 7) is 0. The van der Waals surface area contributed by atoms with E-state index in [1.807, 2.05) is 0 Å². The Hall–Kier alpha value is -3.34. The zero-order valence-electron chi connectivity index (χ0n) is 14.7. The minimum Gasteiger partial charge on any atom is -0.619 e. The summed E-state index contributed by atoms with van der Waals surface area (Å²) in [6, 6.07) is 9.64. The van der Waals surface area contributed by atoms with Crippen LogP contribution in [-0.2, 0) is 0 Å². The first kappa shape index (κ1) is 21.4. The van der Waals surface area contributed by atoms with Gasteiger partial charge >= 0.3 is 6.36 Å². The number of amides is 1. The first-order valence-electron chi connectivity index (χ1n) is 8.14. The highest BCUT2D eigenvalue weighted by Crippen LogP contribution is 2.33. The molecule has 0 fully saturated rings. The highest BCUT2D eigenvalue weighted by atomic mass is 79.9. The maximum atomic E-state index is 14.6. The first-order valence-corrected chi connectivity index (χ1v) is 8.93. The van der Waals surface area contributed by atoms with Crippen LogP contribution in [0, 0.1) is 11.0 Å². The van der Waals surface area contributed by atoms with Gasteiger partial charge in [0.25, 0.3) is 5.91 Å². The molecule has 0 saturated heterocycles. The normalized spacial score (nSPS) is 11.1. The summed E-state index contributed by atoms with van der Waals surface area (Å²) in [6.07, 6.45) is -2.55. The summed E-state index contributed by atoms with van der Waals surface area (Å²) in [7, 11) is 0. The molecule has 0 aliphatic carbocycles. The van der Waals surface area contributed by atoms with Crippen molar-refractivity contribution in [2.45, 2.75) is 6.36 Å². The topological polar surface area (TPSA) is 74.5 Å². The van der Waals surface area contributed by atoms with Crippen LogP contribution in [0.5, 0.6) is 17.2 Å². The molecule has 30 heavy (non-hydrogen) atoms. The molecule has 11 heteroatoms. The number of rotatable bonds is 5. The van der Waals surface area contributed by atoms with Crippen molar-refractivity contribution in [2.24, 2.45) is 0 Å². The minimum atomic E-state index is -4.84. The van der Waals surface area contributed by atoms with E-state index in [9.17, 15) is 27.6 Å². The molecule has 0 atom stereocenters. The predicted octanol–water partition coefficient (Wildman–Crippen LogP) is 5.16. The maximum absolute atomic E-state index is 14.6. The van der Waals surface area contributed by atoms with Crippen molar-refractivity contribution < 1.29 is 36.6 Å². The van der Waals surface area contributed by atoms with Gasteiger partial charge in [0, 0.05) is 12.1 Å². The first-order chi connectivity index (χ1) is 14.1. The fraction of sp³-hybridized carbons (Fsp3) is 0.0526. The number of carbonyl (C=O) groups is 1. The van der Waals surface area contributed by atoms with Gasteiger partial charge < -0.3 is 20.0 Å². The number of anilines is 1. The molecule has 1 amide bonds. The van der Waals surface area contributed by atoms with Crippen LogP contribution in [0.1, 0.15) is 10.4 Å². The zero-order chi connectivity index (χ0) is 21.9. The van der Waals surface area contributed by atoms with Gasteiger partial charge in [0.2, 0.25) is 0 Å². The number of hydrogen-bond donors (Lipinski definition) is 1. The van der Waals surface area contributed by atoms with Crippen molar-refractivity contribution in [3.05, 3.63) is 82.0 Å². The second-order valence-electron chi connectivity index (χ2n) is 5.76. The van der Waals surface area contributed by atoms with E-state index in [4.69, 9.17) is 4.74 Å². The van der Waals surface area contributed by atoms with Crippen LogP contribution in [0.3, 0.4) is 0 Å². The number of hydrogen-bond acceptors (Lipinski definition) is 4. The molecule has 0 saturated carbocycles. The second-order valence-corrected chi connectivity index (χ2v) is 6.61. The molecule has 2 aromatic carbocycles. The number of halogens is 5. The molecule has 0 spiro atoms. The van der Waals surface area contributed by atoms with Crippen molar-refractivity contribution in [1.29, 1.82) is 0 Å². The van der Waals surface area contributed by atoms with Crippen LogP contribution in [0.25, 0.3) is 0 Å². The molecule has 0 radical (unpaired) electrons. The van der Waals surface area contributed by atoms with Crippen molar-refractivity contribution in [3.8, 4) is 17.2 Å². The molecule has 1 heterocycles. The minimum absolute atomic E-state index is 0.000568. The Morgan fingerprint density at radius 3 is 2.20 bits per heavy atom. The van der Waals surface area contributed by atoms with E-state index in [0.29, 0.717) is 4.73 Å². The van der Waals surface area contributed by atoms with E-state index in [0.717, 1.165) is 24.5 Å². The molecular weight excluding hydrogens is 476 g/mol. The van der Waals surface area contributed by atoms with Crippen LogP contribution in [-0.4, -0.2) is 12.3 Å². The summed E-state index contributed by atoms with van der Waals surface area (Å²) in [5, 5.41) is 13.5. The van der Waals surface area contributed by atoms with E-state index in [-0.39, 0.29) is 21.7 Å². The fourth-order valence-corrected chi connectivity index (χ4v) is 2.69. The summed E-state index contributed by atoms with van der Waals surface area (Å²) in [5.41, 5.74) is -0.204. The standard InChI is InChI=1S/C19H11BrF4N2O4/c20-14-5-6-15(29-12-1-3-13(4-2-12)30-19(22,23)24)16(17(14)21)18(27)25-11-7-9-26(28)10-8-11/h1-10H,(H,25,27). The number of benzene rings is 2. The van der Waals surface area contributed by atoms with E-state index in [1.165, 1.54) is 36.4 Å². The lowest BCUT2D eigenvalue weighted by Gasteiger charge is -2.14. The number of pyridine rings is 1. The third-order valence-electron chi connectivity index (χ3n) is 3.63. The van der Waals surface area contributed by atoms with Gasteiger partial charge in [-0.25, -0.2) is 4.39 Å². The number of alkyl halides is 3. The van der Waals surface area contributed by atoms with E-state index in [1.54, 1.807) is 0 Å². The molecular formula is C19H11BrF4N2O4. The smallest absolute Gasteiger partial charge is 0.573 e. The van der Waals surface area contributed by atoms with Gasteiger partial charge in [0.1, 0.15) is 22.8 Å². The lowest BCUT2D eigenvalue weighted by Crippen LogP contribution is -2.24. The third-order valence-corrected chi connectivity index (χ3v) is 4.24. The molecule has 156 valence electrons. The van der Waals surface area contributed by atoms with E-state index >= 15 is 0 Å². The quantitative estimate of drug-likeness (QED) is 0.307. The third kappa shape index (κ3) is 5.38. The fourth-order valence-electron chi connectivity index (χ4n) is 2.36. The van der Waals surface area contributed by atoms with Crippen LogP contribution < -0.4 is 19.5 Å². The van der Waals surface area contributed by atoms with Crippen molar-refractivity contribution >= 4 is 27.5 Å². The number of ether oxygens (including phenoxy) is 2. The van der Waals surface area contributed by atoms with Gasteiger partial charge in [0.05, 0.1) is 10.2 Å². The zero-order valence-corrected chi connectivity index (χ0v) is 16.3. The number of carbonyl (C=O) groups excluding carboxylic acids is 1. The Bertz CT molecular complexity index is 1060. The number of aromatic nitrogens is 1. The largest absolute Gasteiger partial charge is 0.619 e. The summed E-state index contributed by atoms with van der Waals surface area (Å²) in [5.74, 6) is -2.35. The van der Waals surface area contributed by atoms with E-state index in [2.05, 4.69) is 26.0 Å². The Morgan fingerprint density at radius 2 is 1.60 bits per heavy atom. The molecule has 0 aliphatic rings. The molecule has 3 aromatic rings. The van der Waals surface area contributed by atoms with Gasteiger partial charge in [-0.05, 0) is 52.3 Å². The molecule has 3 rings (SSSR count). The highest BCUT2D eigenvalue weighted by molar-refractivity contribution is 9.10. The molecule has 1 N–H and O–H groups in total. The van der Waals surface area contributed by atoms with Gasteiger partial charge in [-0.2, -0.15) is 4.73 Å². The molecule has 0 aliphatic heterocycles. The van der Waals surface area contributed by atoms with Gasteiger partial charge in [-0.1, -0.05) is 0 Å². The van der Waals surface area contributed by atoms with Crippen LogP contribution in [0.4, 0.5) is 23.2 Å². The van der Waals surface area contributed by atoms with Crippen LogP contribution in [0.2, 0.25) is 0 Å². The second kappa shape index (κ2) is 8.57. The molecule has 1 aromatic heterocycles. The highest BCUT2D eigenvalue weighted by Gasteiger charge is 2.31. The summed E-state index contributed by atoms with van der Waals surface area (Å²) < 4.78 is 61.2. The number of nitrogens with one attached hydrogen (secondary N) is 1.